The van der Waals surface area contributed by atoms with Gasteiger partial charge in [0.15, 0.2) is 0 Å². The molecule has 20 heavy (non-hydrogen) atoms. The Kier molecular flexibility index (Phi) is 6.82. The first kappa shape index (κ1) is 16.8. The van der Waals surface area contributed by atoms with Gasteiger partial charge in [-0.1, -0.05) is 37.0 Å². The molecule has 0 atom stereocenters. The average molecular weight is 319 g/mol. The van der Waals surface area contributed by atoms with Crippen molar-refractivity contribution in [1.29, 1.82) is 0 Å². The second-order valence-corrected chi connectivity index (χ2v) is 5.53. The fourth-order valence-electron chi connectivity index (χ4n) is 1.31. The monoisotopic (exact) mass is 318 g/mol. The standard InChI is InChI=1S/C14H16Cl2O4/c1-9(2)8-19-13(17)3-4-14(18)20-12-6-10(15)5-11(16)7-12/h5-7,9H,3-4,8H2,1-2H3. The highest BCUT2D eigenvalue weighted by Crippen LogP contribution is 2.24. The molecule has 0 unspecified atom stereocenters. The van der Waals surface area contributed by atoms with Crippen LogP contribution in [0.2, 0.25) is 10.0 Å². The molecule has 0 heterocycles. The van der Waals surface area contributed by atoms with Crippen LogP contribution >= 0.6 is 23.2 Å². The average Bonchev–Trinajstić information content (AvgIpc) is 2.32. The van der Waals surface area contributed by atoms with Gasteiger partial charge < -0.3 is 9.47 Å². The summed E-state index contributed by atoms with van der Waals surface area (Å²) in [4.78, 5) is 22.9. The first-order valence-electron chi connectivity index (χ1n) is 6.19. The maximum absolute atomic E-state index is 11.6. The van der Waals surface area contributed by atoms with Gasteiger partial charge in [-0.25, -0.2) is 0 Å². The molecular formula is C14H16Cl2O4. The maximum Gasteiger partial charge on any atom is 0.311 e. The van der Waals surface area contributed by atoms with E-state index in [0.717, 1.165) is 0 Å². The first-order chi connectivity index (χ1) is 9.36. The van der Waals surface area contributed by atoms with Crippen LogP contribution in [0.5, 0.6) is 5.75 Å². The molecule has 0 radical (unpaired) electrons. The van der Waals surface area contributed by atoms with E-state index in [1.807, 2.05) is 13.8 Å². The van der Waals surface area contributed by atoms with E-state index in [2.05, 4.69) is 0 Å². The SMILES string of the molecule is CC(C)COC(=O)CCC(=O)Oc1cc(Cl)cc(Cl)c1. The lowest BCUT2D eigenvalue weighted by Crippen LogP contribution is -2.14. The number of halogens is 2. The Balaban J connectivity index is 2.38. The number of benzene rings is 1. The van der Waals surface area contributed by atoms with Crippen molar-refractivity contribution in [2.75, 3.05) is 6.61 Å². The number of esters is 2. The van der Waals surface area contributed by atoms with Crippen LogP contribution in [0.3, 0.4) is 0 Å². The number of hydrogen-bond acceptors (Lipinski definition) is 4. The van der Waals surface area contributed by atoms with E-state index in [0.29, 0.717) is 16.7 Å². The molecule has 0 aliphatic heterocycles. The largest absolute Gasteiger partial charge is 0.465 e. The minimum Gasteiger partial charge on any atom is -0.465 e. The van der Waals surface area contributed by atoms with Gasteiger partial charge in [-0.3, -0.25) is 9.59 Å². The van der Waals surface area contributed by atoms with E-state index in [4.69, 9.17) is 32.7 Å². The van der Waals surface area contributed by atoms with Gasteiger partial charge in [0, 0.05) is 10.0 Å². The maximum atomic E-state index is 11.6. The molecule has 0 spiro atoms. The quantitative estimate of drug-likeness (QED) is 0.590. The normalized spacial score (nSPS) is 10.4. The summed E-state index contributed by atoms with van der Waals surface area (Å²) < 4.78 is 9.99. The third kappa shape index (κ3) is 6.78. The molecular weight excluding hydrogens is 303 g/mol. The number of rotatable bonds is 6. The van der Waals surface area contributed by atoms with E-state index >= 15 is 0 Å². The number of carbonyl (C=O) groups excluding carboxylic acids is 2. The molecule has 0 bridgehead atoms. The smallest absolute Gasteiger partial charge is 0.311 e. The molecule has 1 aromatic rings. The highest BCUT2D eigenvalue weighted by atomic mass is 35.5. The van der Waals surface area contributed by atoms with E-state index in [9.17, 15) is 9.59 Å². The van der Waals surface area contributed by atoms with Gasteiger partial charge in [-0.05, 0) is 24.1 Å². The van der Waals surface area contributed by atoms with Gasteiger partial charge in [0.1, 0.15) is 5.75 Å². The molecule has 0 saturated heterocycles. The van der Waals surface area contributed by atoms with Gasteiger partial charge in [-0.15, -0.1) is 0 Å². The Morgan fingerprint density at radius 2 is 1.60 bits per heavy atom. The summed E-state index contributed by atoms with van der Waals surface area (Å²) in [6, 6.07) is 4.48. The van der Waals surface area contributed by atoms with E-state index in [-0.39, 0.29) is 24.5 Å². The van der Waals surface area contributed by atoms with E-state index < -0.39 is 11.9 Å². The molecule has 0 amide bonds. The Labute approximate surface area is 128 Å². The van der Waals surface area contributed by atoms with Gasteiger partial charge in [0.05, 0.1) is 19.4 Å². The summed E-state index contributed by atoms with van der Waals surface area (Å²) in [5.74, 6) is -0.438. The number of ether oxygens (including phenoxy) is 2. The van der Waals surface area contributed by atoms with Crippen molar-refractivity contribution < 1.29 is 19.1 Å². The van der Waals surface area contributed by atoms with E-state index in [1.165, 1.54) is 18.2 Å². The molecule has 0 aromatic heterocycles. The predicted molar refractivity (Wildman–Crippen MR) is 77.1 cm³/mol. The second-order valence-electron chi connectivity index (χ2n) is 4.66. The van der Waals surface area contributed by atoms with Crippen molar-refractivity contribution >= 4 is 35.1 Å². The van der Waals surface area contributed by atoms with Crippen LogP contribution in [0.4, 0.5) is 0 Å². The van der Waals surface area contributed by atoms with Gasteiger partial charge >= 0.3 is 11.9 Å². The van der Waals surface area contributed by atoms with Crippen LogP contribution in [0.1, 0.15) is 26.7 Å². The summed E-state index contributed by atoms with van der Waals surface area (Å²) in [6.45, 7) is 4.21. The molecule has 1 rings (SSSR count). The van der Waals surface area contributed by atoms with Gasteiger partial charge in [0.25, 0.3) is 0 Å². The molecule has 0 aliphatic carbocycles. The molecule has 1 aromatic carbocycles. The highest BCUT2D eigenvalue weighted by molar-refractivity contribution is 6.34. The summed E-state index contributed by atoms with van der Waals surface area (Å²) in [5.41, 5.74) is 0. The molecule has 0 N–H and O–H groups in total. The lowest BCUT2D eigenvalue weighted by molar-refractivity contribution is -0.147. The summed E-state index contributed by atoms with van der Waals surface area (Å²) in [5, 5.41) is 0.744. The van der Waals surface area contributed by atoms with Crippen molar-refractivity contribution in [3.63, 3.8) is 0 Å². The Morgan fingerprint density at radius 3 is 2.15 bits per heavy atom. The lowest BCUT2D eigenvalue weighted by atomic mass is 10.2. The zero-order valence-corrected chi connectivity index (χ0v) is 12.8. The minimum absolute atomic E-state index is 0.0140. The Morgan fingerprint density at radius 1 is 1.05 bits per heavy atom. The number of carbonyl (C=O) groups is 2. The lowest BCUT2D eigenvalue weighted by Gasteiger charge is -2.07. The van der Waals surface area contributed by atoms with Crippen LogP contribution in [-0.4, -0.2) is 18.5 Å². The predicted octanol–water partition coefficient (Wildman–Crippen LogP) is 3.88. The molecule has 4 nitrogen and oxygen atoms in total. The van der Waals surface area contributed by atoms with E-state index in [1.54, 1.807) is 0 Å². The van der Waals surface area contributed by atoms with Gasteiger partial charge in [0.2, 0.25) is 0 Å². The van der Waals surface area contributed by atoms with Crippen molar-refractivity contribution in [1.82, 2.24) is 0 Å². The number of hydrogen-bond donors (Lipinski definition) is 0. The zero-order chi connectivity index (χ0) is 15.1. The van der Waals surface area contributed by atoms with Crippen LogP contribution in [0.15, 0.2) is 18.2 Å². The third-order valence-electron chi connectivity index (χ3n) is 2.18. The van der Waals surface area contributed by atoms with Crippen LogP contribution in [-0.2, 0) is 14.3 Å². The van der Waals surface area contributed by atoms with Crippen molar-refractivity contribution in [2.45, 2.75) is 26.7 Å². The van der Waals surface area contributed by atoms with Crippen molar-refractivity contribution in [2.24, 2.45) is 5.92 Å². The van der Waals surface area contributed by atoms with Crippen molar-refractivity contribution in [3.05, 3.63) is 28.2 Å². The highest BCUT2D eigenvalue weighted by Gasteiger charge is 2.11. The third-order valence-corrected chi connectivity index (χ3v) is 2.62. The zero-order valence-electron chi connectivity index (χ0n) is 11.3. The first-order valence-corrected chi connectivity index (χ1v) is 6.95. The summed E-state index contributed by atoms with van der Waals surface area (Å²) in [7, 11) is 0. The second kappa shape index (κ2) is 8.12. The Bertz CT molecular complexity index is 466. The van der Waals surface area contributed by atoms with Crippen LogP contribution < -0.4 is 4.74 Å². The van der Waals surface area contributed by atoms with Crippen LogP contribution in [0.25, 0.3) is 0 Å². The fourth-order valence-corrected chi connectivity index (χ4v) is 1.81. The van der Waals surface area contributed by atoms with Crippen molar-refractivity contribution in [3.8, 4) is 5.75 Å². The summed E-state index contributed by atoms with van der Waals surface area (Å²) >= 11 is 11.6. The van der Waals surface area contributed by atoms with Crippen LogP contribution in [0, 0.1) is 5.92 Å². The van der Waals surface area contributed by atoms with Gasteiger partial charge in [-0.2, -0.15) is 0 Å². The molecule has 0 aliphatic rings. The Hall–Kier alpha value is -1.26. The minimum atomic E-state index is -0.537. The fraction of sp³-hybridized carbons (Fsp3) is 0.429. The molecule has 6 heteroatoms. The summed E-state index contributed by atoms with van der Waals surface area (Å²) in [6.07, 6.45) is -0.0685. The molecule has 0 fully saturated rings. The topological polar surface area (TPSA) is 52.6 Å². The molecule has 110 valence electrons. The molecule has 0 saturated carbocycles.